The summed E-state index contributed by atoms with van der Waals surface area (Å²) in [4.78, 5) is 59.8. The van der Waals surface area contributed by atoms with Crippen molar-refractivity contribution in [3.05, 3.63) is 16.7 Å². The third-order valence-electron chi connectivity index (χ3n) is 5.06. The maximum atomic E-state index is 13.0. The standard InChI is InChI=1S/C19H25N5O7/c1-5-13(27)19(6-11(30-10(4)26)12(7-25)31-19)24-8-20-14-15(24)21-18(23-17(14)29)22-16(28)9(2)3/h8-9,11-12,25H,5-7H2,1-4H3,(H2,21,22,23,28,29)/t11-,12+,19-/m0/s1. The van der Waals surface area contributed by atoms with Crippen LogP contribution in [0, 0.1) is 5.92 Å². The van der Waals surface area contributed by atoms with Crippen LogP contribution in [-0.2, 0) is 29.6 Å². The Balaban J connectivity index is 2.14. The van der Waals surface area contributed by atoms with Crippen LogP contribution in [0.3, 0.4) is 0 Å². The van der Waals surface area contributed by atoms with E-state index in [-0.39, 0.29) is 47.6 Å². The van der Waals surface area contributed by atoms with Crippen LogP contribution in [0.1, 0.15) is 40.5 Å². The number of imidazole rings is 1. The van der Waals surface area contributed by atoms with Gasteiger partial charge in [-0.15, -0.1) is 0 Å². The Hall–Kier alpha value is -3.12. The number of anilines is 1. The van der Waals surface area contributed by atoms with Crippen molar-refractivity contribution in [2.24, 2.45) is 5.92 Å². The summed E-state index contributed by atoms with van der Waals surface area (Å²) in [5, 5.41) is 12.2. The lowest BCUT2D eigenvalue weighted by atomic mass is 10.00. The number of amides is 1. The van der Waals surface area contributed by atoms with Crippen molar-refractivity contribution < 1.29 is 29.0 Å². The van der Waals surface area contributed by atoms with Gasteiger partial charge >= 0.3 is 5.97 Å². The molecule has 3 rings (SSSR count). The molecule has 0 aliphatic carbocycles. The van der Waals surface area contributed by atoms with Gasteiger partial charge in [0.05, 0.1) is 6.61 Å². The molecule has 12 heteroatoms. The zero-order valence-corrected chi connectivity index (χ0v) is 17.7. The highest BCUT2D eigenvalue weighted by molar-refractivity contribution is 5.91. The first-order valence-electron chi connectivity index (χ1n) is 9.90. The summed E-state index contributed by atoms with van der Waals surface area (Å²) >= 11 is 0. The van der Waals surface area contributed by atoms with Crippen molar-refractivity contribution in [2.75, 3.05) is 11.9 Å². The summed E-state index contributed by atoms with van der Waals surface area (Å²) in [7, 11) is 0. The van der Waals surface area contributed by atoms with Crippen LogP contribution in [0.15, 0.2) is 11.1 Å². The van der Waals surface area contributed by atoms with Gasteiger partial charge in [0, 0.05) is 25.7 Å². The third-order valence-corrected chi connectivity index (χ3v) is 5.06. The Kier molecular flexibility index (Phi) is 6.23. The quantitative estimate of drug-likeness (QED) is 0.510. The highest BCUT2D eigenvalue weighted by Gasteiger charge is 2.54. The minimum Gasteiger partial charge on any atom is -0.459 e. The number of ketones is 1. The Morgan fingerprint density at radius 3 is 2.74 bits per heavy atom. The van der Waals surface area contributed by atoms with Crippen LogP contribution < -0.4 is 10.9 Å². The molecule has 1 aliphatic rings. The molecule has 3 atom stereocenters. The lowest BCUT2D eigenvalue weighted by Crippen LogP contribution is -2.42. The van der Waals surface area contributed by atoms with E-state index < -0.39 is 36.1 Å². The predicted octanol–water partition coefficient (Wildman–Crippen LogP) is 0.0589. The number of aliphatic hydroxyl groups excluding tert-OH is 1. The minimum atomic E-state index is -1.70. The Labute approximate surface area is 177 Å². The molecule has 0 bridgehead atoms. The van der Waals surface area contributed by atoms with Gasteiger partial charge in [0.1, 0.15) is 18.5 Å². The van der Waals surface area contributed by atoms with Crippen molar-refractivity contribution in [3.8, 4) is 0 Å². The number of ether oxygens (including phenoxy) is 2. The van der Waals surface area contributed by atoms with Gasteiger partial charge in [0.15, 0.2) is 16.9 Å². The van der Waals surface area contributed by atoms with Crippen molar-refractivity contribution in [1.82, 2.24) is 19.5 Å². The average Bonchev–Trinajstić information content (AvgIpc) is 3.29. The number of fused-ring (bicyclic) bond motifs is 1. The van der Waals surface area contributed by atoms with Crippen LogP contribution >= 0.6 is 0 Å². The lowest BCUT2D eigenvalue weighted by molar-refractivity contribution is -0.162. The van der Waals surface area contributed by atoms with Gasteiger partial charge in [-0.05, 0) is 0 Å². The molecule has 0 unspecified atom stereocenters. The van der Waals surface area contributed by atoms with E-state index in [9.17, 15) is 24.3 Å². The second kappa shape index (κ2) is 8.55. The van der Waals surface area contributed by atoms with E-state index in [0.717, 1.165) is 0 Å². The van der Waals surface area contributed by atoms with E-state index in [0.29, 0.717) is 0 Å². The topological polar surface area (TPSA) is 165 Å². The normalized spacial score (nSPS) is 23.3. The number of esters is 1. The van der Waals surface area contributed by atoms with Crippen molar-refractivity contribution in [2.45, 2.75) is 58.5 Å². The number of rotatable bonds is 7. The van der Waals surface area contributed by atoms with E-state index in [1.54, 1.807) is 20.8 Å². The van der Waals surface area contributed by atoms with Crippen molar-refractivity contribution in [1.29, 1.82) is 0 Å². The van der Waals surface area contributed by atoms with E-state index in [1.165, 1.54) is 17.8 Å². The number of hydrogen-bond acceptors (Lipinski definition) is 9. The average molecular weight is 435 g/mol. The highest BCUT2D eigenvalue weighted by atomic mass is 16.6. The molecule has 1 saturated heterocycles. The minimum absolute atomic E-state index is 0.00442. The van der Waals surface area contributed by atoms with E-state index in [2.05, 4.69) is 20.3 Å². The van der Waals surface area contributed by atoms with Crippen LogP contribution in [0.5, 0.6) is 0 Å². The molecule has 12 nitrogen and oxygen atoms in total. The second-order valence-electron chi connectivity index (χ2n) is 7.60. The predicted molar refractivity (Wildman–Crippen MR) is 107 cm³/mol. The highest BCUT2D eigenvalue weighted by Crippen LogP contribution is 2.39. The Morgan fingerprint density at radius 1 is 1.45 bits per heavy atom. The van der Waals surface area contributed by atoms with Gasteiger partial charge in [-0.3, -0.25) is 34.0 Å². The molecule has 1 amide bonds. The van der Waals surface area contributed by atoms with Crippen LogP contribution in [0.2, 0.25) is 0 Å². The number of carbonyl (C=O) groups excluding carboxylic acids is 3. The Morgan fingerprint density at radius 2 is 2.16 bits per heavy atom. The molecule has 1 fully saturated rings. The molecule has 1 aliphatic heterocycles. The number of aromatic nitrogens is 4. The smallest absolute Gasteiger partial charge is 0.302 e. The lowest BCUT2D eigenvalue weighted by Gasteiger charge is -2.28. The maximum absolute atomic E-state index is 13.0. The molecule has 31 heavy (non-hydrogen) atoms. The Bertz CT molecular complexity index is 1080. The first-order valence-corrected chi connectivity index (χ1v) is 9.90. The van der Waals surface area contributed by atoms with Crippen molar-refractivity contribution in [3.63, 3.8) is 0 Å². The van der Waals surface area contributed by atoms with Gasteiger partial charge in [-0.1, -0.05) is 20.8 Å². The molecule has 0 spiro atoms. The monoisotopic (exact) mass is 435 g/mol. The first-order chi connectivity index (χ1) is 14.6. The summed E-state index contributed by atoms with van der Waals surface area (Å²) < 4.78 is 12.5. The van der Waals surface area contributed by atoms with E-state index >= 15 is 0 Å². The van der Waals surface area contributed by atoms with Crippen LogP contribution in [-0.4, -0.2) is 61.1 Å². The largest absolute Gasteiger partial charge is 0.459 e. The van der Waals surface area contributed by atoms with Crippen molar-refractivity contribution >= 4 is 34.8 Å². The number of aromatic amines is 1. The number of nitrogens with zero attached hydrogens (tertiary/aromatic N) is 3. The fourth-order valence-corrected chi connectivity index (χ4v) is 3.50. The van der Waals surface area contributed by atoms with E-state index in [1.807, 2.05) is 0 Å². The van der Waals surface area contributed by atoms with Gasteiger partial charge in [-0.25, -0.2) is 4.98 Å². The summed E-state index contributed by atoms with van der Waals surface area (Å²) in [5.41, 5.74) is -2.37. The second-order valence-corrected chi connectivity index (χ2v) is 7.60. The summed E-state index contributed by atoms with van der Waals surface area (Å²) in [6.07, 6.45) is -0.654. The maximum Gasteiger partial charge on any atom is 0.302 e. The van der Waals surface area contributed by atoms with Gasteiger partial charge < -0.3 is 14.6 Å². The van der Waals surface area contributed by atoms with Crippen LogP contribution in [0.25, 0.3) is 11.2 Å². The summed E-state index contributed by atoms with van der Waals surface area (Å²) in [6.45, 7) is 5.72. The van der Waals surface area contributed by atoms with E-state index in [4.69, 9.17) is 9.47 Å². The molecule has 168 valence electrons. The number of nitrogens with one attached hydrogen (secondary N) is 2. The summed E-state index contributed by atoms with van der Waals surface area (Å²) in [6, 6.07) is 0. The molecule has 0 radical (unpaired) electrons. The fraction of sp³-hybridized carbons (Fsp3) is 0.579. The zero-order chi connectivity index (χ0) is 22.9. The fourth-order valence-electron chi connectivity index (χ4n) is 3.50. The number of Topliss-reactive ketones (excluding diaryl/α,β-unsaturated/α-hetero) is 1. The molecule has 0 saturated carbocycles. The molecule has 3 heterocycles. The number of H-pyrrole nitrogens is 1. The summed E-state index contributed by atoms with van der Waals surface area (Å²) in [5.74, 6) is -1.79. The molecule has 2 aromatic heterocycles. The van der Waals surface area contributed by atoms with Gasteiger partial charge in [0.2, 0.25) is 17.6 Å². The molecule has 0 aromatic carbocycles. The number of aliphatic hydroxyl groups is 1. The van der Waals surface area contributed by atoms with Gasteiger partial charge in [0.25, 0.3) is 5.56 Å². The SMILES string of the molecule is CCC(=O)[C@]1(n2cnc3c(=O)[nH]c(NC(=O)C(C)C)nc32)C[C@H](OC(C)=O)[C@@H](CO)O1. The third kappa shape index (κ3) is 4.08. The zero-order valence-electron chi connectivity index (χ0n) is 17.7. The molecular weight excluding hydrogens is 410 g/mol. The first kappa shape index (κ1) is 22.6. The number of carbonyl (C=O) groups is 3. The van der Waals surface area contributed by atoms with Crippen LogP contribution in [0.4, 0.5) is 5.95 Å². The molecule has 3 N–H and O–H groups in total. The molecular formula is C19H25N5O7. The molecule has 2 aromatic rings. The number of hydrogen-bond donors (Lipinski definition) is 3. The van der Waals surface area contributed by atoms with Gasteiger partial charge in [-0.2, -0.15) is 4.98 Å².